The van der Waals surface area contributed by atoms with Gasteiger partial charge in [0.05, 0.1) is 26.7 Å². The number of rotatable bonds is 9. The second kappa shape index (κ2) is 9.80. The maximum Gasteiger partial charge on any atom is 0.310 e. The fourth-order valence-electron chi connectivity index (χ4n) is 3.79. The minimum Gasteiger partial charge on any atom is -0.493 e. The van der Waals surface area contributed by atoms with Crippen molar-refractivity contribution >= 4 is 11.8 Å². The second-order valence-corrected chi connectivity index (χ2v) is 7.48. The molecule has 0 N–H and O–H groups in total. The topological polar surface area (TPSA) is 76.0 Å². The van der Waals surface area contributed by atoms with Crippen LogP contribution < -0.4 is 9.47 Å². The Balaban J connectivity index is 1.58. The third-order valence-electron chi connectivity index (χ3n) is 5.44. The first-order chi connectivity index (χ1) is 14.4. The Morgan fingerprint density at radius 3 is 2.57 bits per heavy atom. The third kappa shape index (κ3) is 5.02. The van der Waals surface area contributed by atoms with Gasteiger partial charge in [-0.15, -0.1) is 0 Å². The van der Waals surface area contributed by atoms with Crippen LogP contribution >= 0.6 is 0 Å². The fraction of sp³-hybridized carbons (Fsp3) is 0.478. The first kappa shape index (κ1) is 21.9. The number of ketones is 1. The Morgan fingerprint density at radius 2 is 1.90 bits per heavy atom. The number of esters is 1. The largest absolute Gasteiger partial charge is 0.493 e. The summed E-state index contributed by atoms with van der Waals surface area (Å²) in [7, 11) is 3.09. The summed E-state index contributed by atoms with van der Waals surface area (Å²) >= 11 is 0. The molecular weight excluding hydrogens is 386 g/mol. The molecule has 1 aliphatic rings. The first-order valence-electron chi connectivity index (χ1n) is 10.1. The van der Waals surface area contributed by atoms with Gasteiger partial charge in [-0.05, 0) is 50.5 Å². The van der Waals surface area contributed by atoms with Crippen LogP contribution in [0.25, 0.3) is 0 Å². The van der Waals surface area contributed by atoms with Crippen LogP contribution in [0.2, 0.25) is 0 Å². The molecule has 1 atom stereocenters. The monoisotopic (exact) mass is 415 g/mol. The van der Waals surface area contributed by atoms with Crippen molar-refractivity contribution in [1.82, 2.24) is 4.57 Å². The van der Waals surface area contributed by atoms with Gasteiger partial charge in [0.25, 0.3) is 0 Å². The van der Waals surface area contributed by atoms with Gasteiger partial charge in [-0.1, -0.05) is 6.07 Å². The third-order valence-corrected chi connectivity index (χ3v) is 5.44. The van der Waals surface area contributed by atoms with Crippen molar-refractivity contribution in [2.75, 3.05) is 27.4 Å². The molecule has 0 bridgehead atoms. The molecule has 1 saturated heterocycles. The molecule has 7 nitrogen and oxygen atoms in total. The zero-order valence-electron chi connectivity index (χ0n) is 18.0. The van der Waals surface area contributed by atoms with Crippen molar-refractivity contribution < 1.29 is 28.5 Å². The molecule has 0 aliphatic carbocycles. The van der Waals surface area contributed by atoms with E-state index in [-0.39, 0.29) is 24.9 Å². The summed E-state index contributed by atoms with van der Waals surface area (Å²) in [5.41, 5.74) is 3.19. The molecule has 1 fully saturated rings. The van der Waals surface area contributed by atoms with Gasteiger partial charge in [-0.2, -0.15) is 0 Å². The van der Waals surface area contributed by atoms with Crippen LogP contribution in [-0.4, -0.2) is 49.9 Å². The number of ether oxygens (including phenoxy) is 4. The normalized spacial score (nSPS) is 15.8. The van der Waals surface area contributed by atoms with E-state index in [9.17, 15) is 9.59 Å². The second-order valence-electron chi connectivity index (χ2n) is 7.48. The highest BCUT2D eigenvalue weighted by atomic mass is 16.5. The summed E-state index contributed by atoms with van der Waals surface area (Å²) in [5.74, 6) is 0.451. The lowest BCUT2D eigenvalue weighted by molar-refractivity contribution is -0.141. The molecular formula is C23H29NO6. The molecule has 0 radical (unpaired) electrons. The average Bonchev–Trinajstić information content (AvgIpc) is 3.35. The van der Waals surface area contributed by atoms with Gasteiger partial charge in [0.2, 0.25) is 5.78 Å². The summed E-state index contributed by atoms with van der Waals surface area (Å²) in [6.45, 7) is 5.15. The number of carbonyl (C=O) groups excluding carboxylic acids is 2. The molecule has 0 unspecified atom stereocenters. The van der Waals surface area contributed by atoms with E-state index >= 15 is 0 Å². The highest BCUT2D eigenvalue weighted by Crippen LogP contribution is 2.28. The van der Waals surface area contributed by atoms with Gasteiger partial charge in [0.1, 0.15) is 0 Å². The number of aromatic nitrogens is 1. The van der Waals surface area contributed by atoms with E-state index in [1.165, 1.54) is 7.11 Å². The van der Waals surface area contributed by atoms with Gasteiger partial charge in [0, 0.05) is 30.1 Å². The molecule has 3 rings (SSSR count). The molecule has 2 aromatic rings. The molecule has 1 aromatic heterocycles. The van der Waals surface area contributed by atoms with Crippen molar-refractivity contribution in [2.45, 2.75) is 45.8 Å². The molecule has 1 aliphatic heterocycles. The first-order valence-corrected chi connectivity index (χ1v) is 10.1. The highest BCUT2D eigenvalue weighted by Gasteiger charge is 2.21. The van der Waals surface area contributed by atoms with Gasteiger partial charge in [-0.25, -0.2) is 0 Å². The number of hydrogen-bond acceptors (Lipinski definition) is 6. The number of benzene rings is 1. The quantitative estimate of drug-likeness (QED) is 0.462. The standard InChI is InChI=1S/C23H29NO6/c1-15-10-19(16(2)24(15)13-18-6-5-9-29-18)20(25)14-30-23(26)12-17-7-8-21(27-3)22(11-17)28-4/h7-8,10-11,18H,5-6,9,12-14H2,1-4H3/t18-/m1/s1. The Kier molecular flexibility index (Phi) is 7.15. The molecule has 0 spiro atoms. The Bertz CT molecular complexity index is 911. The van der Waals surface area contributed by atoms with Crippen LogP contribution in [0.3, 0.4) is 0 Å². The number of aryl methyl sites for hydroxylation is 1. The lowest BCUT2D eigenvalue weighted by Crippen LogP contribution is -2.18. The Morgan fingerprint density at radius 1 is 1.13 bits per heavy atom. The summed E-state index contributed by atoms with van der Waals surface area (Å²) < 4.78 is 23.5. The van der Waals surface area contributed by atoms with Crippen LogP contribution in [0, 0.1) is 13.8 Å². The lowest BCUT2D eigenvalue weighted by atomic mass is 10.1. The minimum absolute atomic E-state index is 0.0473. The Hall–Kier alpha value is -2.80. The minimum atomic E-state index is -0.469. The highest BCUT2D eigenvalue weighted by molar-refractivity contribution is 5.99. The van der Waals surface area contributed by atoms with E-state index in [2.05, 4.69) is 4.57 Å². The number of methoxy groups -OCH3 is 2. The molecule has 2 heterocycles. The summed E-state index contributed by atoms with van der Waals surface area (Å²) in [4.78, 5) is 24.9. The molecule has 7 heteroatoms. The smallest absolute Gasteiger partial charge is 0.310 e. The van der Waals surface area contributed by atoms with Crippen molar-refractivity contribution in [3.05, 3.63) is 46.8 Å². The van der Waals surface area contributed by atoms with Crippen molar-refractivity contribution in [1.29, 1.82) is 0 Å². The fourth-order valence-corrected chi connectivity index (χ4v) is 3.79. The van der Waals surface area contributed by atoms with Crippen LogP contribution in [0.15, 0.2) is 24.3 Å². The molecule has 0 amide bonds. The summed E-state index contributed by atoms with van der Waals surface area (Å²) in [6, 6.07) is 7.08. The van der Waals surface area contributed by atoms with Crippen molar-refractivity contribution in [3.8, 4) is 11.5 Å². The number of Topliss-reactive ketones (excluding diaryl/α,β-unsaturated/α-hetero) is 1. The number of hydrogen-bond donors (Lipinski definition) is 0. The number of nitrogens with zero attached hydrogens (tertiary/aromatic N) is 1. The van der Waals surface area contributed by atoms with Crippen LogP contribution in [0.1, 0.15) is 40.2 Å². The predicted molar refractivity (Wildman–Crippen MR) is 111 cm³/mol. The van der Waals surface area contributed by atoms with E-state index in [4.69, 9.17) is 18.9 Å². The zero-order valence-corrected chi connectivity index (χ0v) is 18.0. The van der Waals surface area contributed by atoms with E-state index in [1.54, 1.807) is 25.3 Å². The van der Waals surface area contributed by atoms with Crippen LogP contribution in [0.4, 0.5) is 0 Å². The van der Waals surface area contributed by atoms with Gasteiger partial charge < -0.3 is 23.5 Å². The summed E-state index contributed by atoms with van der Waals surface area (Å²) in [5, 5.41) is 0. The zero-order chi connectivity index (χ0) is 21.7. The van der Waals surface area contributed by atoms with Crippen molar-refractivity contribution in [2.24, 2.45) is 0 Å². The lowest BCUT2D eigenvalue weighted by Gasteiger charge is -2.14. The van der Waals surface area contributed by atoms with Gasteiger partial charge in [0.15, 0.2) is 18.1 Å². The van der Waals surface area contributed by atoms with Gasteiger partial charge >= 0.3 is 5.97 Å². The van der Waals surface area contributed by atoms with Gasteiger partial charge in [-0.3, -0.25) is 9.59 Å². The van der Waals surface area contributed by atoms with Crippen LogP contribution in [-0.2, 0) is 27.2 Å². The average molecular weight is 415 g/mol. The predicted octanol–water partition coefficient (Wildman–Crippen LogP) is 3.27. The molecule has 30 heavy (non-hydrogen) atoms. The molecule has 162 valence electrons. The maximum atomic E-state index is 12.7. The van der Waals surface area contributed by atoms with E-state index in [0.717, 1.165) is 42.9 Å². The SMILES string of the molecule is COc1ccc(CC(=O)OCC(=O)c2cc(C)n(C[C@H]3CCCO3)c2C)cc1OC. The molecule has 1 aromatic carbocycles. The van der Waals surface area contributed by atoms with E-state index < -0.39 is 5.97 Å². The van der Waals surface area contributed by atoms with Crippen molar-refractivity contribution in [3.63, 3.8) is 0 Å². The Labute approximate surface area is 176 Å². The van der Waals surface area contributed by atoms with E-state index in [0.29, 0.717) is 17.1 Å². The summed E-state index contributed by atoms with van der Waals surface area (Å²) in [6.07, 6.45) is 2.35. The van der Waals surface area contributed by atoms with E-state index in [1.807, 2.05) is 19.9 Å². The maximum absolute atomic E-state index is 12.7. The number of carbonyl (C=O) groups is 2. The molecule has 0 saturated carbocycles. The van der Waals surface area contributed by atoms with Crippen LogP contribution in [0.5, 0.6) is 11.5 Å².